The second-order valence-electron chi connectivity index (χ2n) is 7.13. The molecule has 1 aliphatic heterocycles. The summed E-state index contributed by atoms with van der Waals surface area (Å²) in [5, 5.41) is 9.38. The lowest BCUT2D eigenvalue weighted by Gasteiger charge is -2.23. The number of benzene rings is 3. The standard InChI is InChI=1S/C23H23NO3S/c1-17-7-9-21(10-8-17)28(26,27)24-13-11-20-15-18(12-14-25)16-22(23(20)24)19-5-3-2-4-6-19/h2-10,15-16,25H,11-14H2,1H3. The molecule has 3 aromatic rings. The van der Waals surface area contributed by atoms with E-state index in [0.717, 1.165) is 33.5 Å². The van der Waals surface area contributed by atoms with Gasteiger partial charge in [0.05, 0.1) is 10.6 Å². The fourth-order valence-electron chi connectivity index (χ4n) is 3.77. The van der Waals surface area contributed by atoms with Crippen LogP contribution in [0.3, 0.4) is 0 Å². The van der Waals surface area contributed by atoms with Crippen molar-refractivity contribution in [3.63, 3.8) is 0 Å². The topological polar surface area (TPSA) is 57.6 Å². The first kappa shape index (κ1) is 18.7. The number of fused-ring (bicyclic) bond motifs is 1. The number of rotatable bonds is 5. The van der Waals surface area contributed by atoms with E-state index in [1.54, 1.807) is 12.1 Å². The minimum Gasteiger partial charge on any atom is -0.396 e. The average molecular weight is 394 g/mol. The number of aryl methyl sites for hydroxylation is 1. The number of anilines is 1. The van der Waals surface area contributed by atoms with Gasteiger partial charge in [-0.2, -0.15) is 0 Å². The molecule has 28 heavy (non-hydrogen) atoms. The number of aliphatic hydroxyl groups is 1. The molecule has 0 fully saturated rings. The minimum atomic E-state index is -3.64. The Labute approximate surface area is 166 Å². The van der Waals surface area contributed by atoms with Crippen molar-refractivity contribution in [3.05, 3.63) is 83.4 Å². The molecule has 0 atom stereocenters. The maximum absolute atomic E-state index is 13.4. The van der Waals surface area contributed by atoms with Crippen molar-refractivity contribution in [1.82, 2.24) is 0 Å². The summed E-state index contributed by atoms with van der Waals surface area (Å²) in [6.45, 7) is 2.43. The van der Waals surface area contributed by atoms with Gasteiger partial charge in [0.1, 0.15) is 0 Å². The highest BCUT2D eigenvalue weighted by Gasteiger charge is 2.33. The van der Waals surface area contributed by atoms with Crippen molar-refractivity contribution < 1.29 is 13.5 Å². The van der Waals surface area contributed by atoms with Gasteiger partial charge in [-0.15, -0.1) is 0 Å². The maximum Gasteiger partial charge on any atom is 0.264 e. The number of hydrogen-bond donors (Lipinski definition) is 1. The molecule has 0 saturated carbocycles. The van der Waals surface area contributed by atoms with Gasteiger partial charge in [0.2, 0.25) is 0 Å². The molecule has 0 bridgehead atoms. The molecule has 0 aliphatic carbocycles. The molecule has 4 nitrogen and oxygen atoms in total. The van der Waals surface area contributed by atoms with E-state index in [9.17, 15) is 13.5 Å². The number of hydrogen-bond acceptors (Lipinski definition) is 3. The number of sulfonamides is 1. The van der Waals surface area contributed by atoms with Crippen LogP contribution in [0.25, 0.3) is 11.1 Å². The van der Waals surface area contributed by atoms with Crippen LogP contribution < -0.4 is 4.31 Å². The summed E-state index contributed by atoms with van der Waals surface area (Å²) < 4.78 is 28.3. The van der Waals surface area contributed by atoms with Gasteiger partial charge in [-0.05, 0) is 54.7 Å². The summed E-state index contributed by atoms with van der Waals surface area (Å²) in [4.78, 5) is 0.310. The van der Waals surface area contributed by atoms with Crippen molar-refractivity contribution in [2.45, 2.75) is 24.7 Å². The van der Waals surface area contributed by atoms with E-state index in [4.69, 9.17) is 0 Å². The Morgan fingerprint density at radius 1 is 1.00 bits per heavy atom. The molecule has 0 radical (unpaired) electrons. The zero-order valence-corrected chi connectivity index (χ0v) is 16.6. The second-order valence-corrected chi connectivity index (χ2v) is 8.99. The summed E-state index contributed by atoms with van der Waals surface area (Å²) in [5.41, 5.74) is 5.70. The van der Waals surface area contributed by atoms with Gasteiger partial charge in [0.15, 0.2) is 0 Å². The van der Waals surface area contributed by atoms with E-state index >= 15 is 0 Å². The van der Waals surface area contributed by atoms with E-state index in [2.05, 4.69) is 0 Å². The smallest absolute Gasteiger partial charge is 0.264 e. The van der Waals surface area contributed by atoms with Crippen molar-refractivity contribution in [1.29, 1.82) is 0 Å². The Kier molecular flexibility index (Phi) is 4.96. The lowest BCUT2D eigenvalue weighted by Crippen LogP contribution is -2.29. The molecule has 3 aromatic carbocycles. The Bertz CT molecular complexity index is 1090. The SMILES string of the molecule is Cc1ccc(S(=O)(=O)N2CCc3cc(CCO)cc(-c4ccccc4)c32)cc1. The second kappa shape index (κ2) is 7.41. The van der Waals surface area contributed by atoms with Crippen LogP contribution in [0, 0.1) is 6.92 Å². The third kappa shape index (κ3) is 3.32. The molecular formula is C23H23NO3S. The van der Waals surface area contributed by atoms with Crippen LogP contribution >= 0.6 is 0 Å². The van der Waals surface area contributed by atoms with E-state index in [1.165, 1.54) is 4.31 Å². The molecule has 0 saturated heterocycles. The van der Waals surface area contributed by atoms with Crippen LogP contribution in [0.2, 0.25) is 0 Å². The molecule has 144 valence electrons. The first-order chi connectivity index (χ1) is 13.5. The zero-order chi connectivity index (χ0) is 19.7. The first-order valence-electron chi connectivity index (χ1n) is 9.42. The predicted molar refractivity (Wildman–Crippen MR) is 112 cm³/mol. The summed E-state index contributed by atoms with van der Waals surface area (Å²) in [5.74, 6) is 0. The van der Waals surface area contributed by atoms with Gasteiger partial charge < -0.3 is 5.11 Å². The Morgan fingerprint density at radius 2 is 1.71 bits per heavy atom. The van der Waals surface area contributed by atoms with E-state index < -0.39 is 10.0 Å². The average Bonchev–Trinajstić information content (AvgIpc) is 3.13. The molecule has 0 amide bonds. The molecule has 4 rings (SSSR count). The van der Waals surface area contributed by atoms with Gasteiger partial charge >= 0.3 is 0 Å². The van der Waals surface area contributed by atoms with Gasteiger partial charge in [-0.1, -0.05) is 54.1 Å². The number of nitrogens with zero attached hydrogens (tertiary/aromatic N) is 1. The molecule has 0 aromatic heterocycles. The van der Waals surface area contributed by atoms with Crippen LogP contribution in [0.4, 0.5) is 5.69 Å². The molecule has 5 heteroatoms. The van der Waals surface area contributed by atoms with Gasteiger partial charge in [-0.3, -0.25) is 4.31 Å². The third-order valence-corrected chi connectivity index (χ3v) is 6.99. The third-order valence-electron chi connectivity index (χ3n) is 5.18. The molecule has 1 heterocycles. The van der Waals surface area contributed by atoms with Crippen molar-refractivity contribution in [2.75, 3.05) is 17.5 Å². The summed E-state index contributed by atoms with van der Waals surface area (Å²) in [7, 11) is -3.64. The highest BCUT2D eigenvalue weighted by molar-refractivity contribution is 7.92. The summed E-state index contributed by atoms with van der Waals surface area (Å²) >= 11 is 0. The highest BCUT2D eigenvalue weighted by atomic mass is 32.2. The van der Waals surface area contributed by atoms with Crippen LogP contribution in [-0.4, -0.2) is 26.7 Å². The van der Waals surface area contributed by atoms with Crippen LogP contribution in [0.1, 0.15) is 16.7 Å². The molecular weight excluding hydrogens is 370 g/mol. The van der Waals surface area contributed by atoms with E-state index in [-0.39, 0.29) is 6.61 Å². The molecule has 1 N–H and O–H groups in total. The minimum absolute atomic E-state index is 0.0679. The first-order valence-corrected chi connectivity index (χ1v) is 10.9. The lowest BCUT2D eigenvalue weighted by atomic mass is 9.96. The molecule has 0 unspecified atom stereocenters. The summed E-state index contributed by atoms with van der Waals surface area (Å²) in [6.07, 6.45) is 1.22. The fourth-order valence-corrected chi connectivity index (χ4v) is 5.29. The quantitative estimate of drug-likeness (QED) is 0.714. The molecule has 0 spiro atoms. The Hall–Kier alpha value is -2.63. The maximum atomic E-state index is 13.4. The molecule has 1 aliphatic rings. The van der Waals surface area contributed by atoms with E-state index in [1.807, 2.05) is 61.5 Å². The predicted octanol–water partition coefficient (Wildman–Crippen LogP) is 3.95. The Balaban J connectivity index is 1.88. The zero-order valence-electron chi connectivity index (χ0n) is 15.8. The monoisotopic (exact) mass is 393 g/mol. The number of aliphatic hydroxyl groups excluding tert-OH is 1. The van der Waals surface area contributed by atoms with E-state index in [0.29, 0.717) is 24.3 Å². The summed E-state index contributed by atoms with van der Waals surface area (Å²) in [6, 6.07) is 20.9. The van der Waals surface area contributed by atoms with Crippen LogP contribution in [0.5, 0.6) is 0 Å². The van der Waals surface area contributed by atoms with Crippen LogP contribution in [0.15, 0.2) is 71.6 Å². The van der Waals surface area contributed by atoms with Crippen molar-refractivity contribution in [3.8, 4) is 11.1 Å². The van der Waals surface area contributed by atoms with Crippen molar-refractivity contribution >= 4 is 15.7 Å². The van der Waals surface area contributed by atoms with Crippen molar-refractivity contribution in [2.24, 2.45) is 0 Å². The fraction of sp³-hybridized carbons (Fsp3) is 0.217. The highest BCUT2D eigenvalue weighted by Crippen LogP contribution is 2.42. The lowest BCUT2D eigenvalue weighted by molar-refractivity contribution is 0.299. The van der Waals surface area contributed by atoms with Gasteiger partial charge in [0.25, 0.3) is 10.0 Å². The largest absolute Gasteiger partial charge is 0.396 e. The van der Waals surface area contributed by atoms with Gasteiger partial charge in [0, 0.05) is 18.7 Å². The van der Waals surface area contributed by atoms with Gasteiger partial charge in [-0.25, -0.2) is 8.42 Å². The van der Waals surface area contributed by atoms with Crippen LogP contribution in [-0.2, 0) is 22.9 Å². The Morgan fingerprint density at radius 3 is 2.39 bits per heavy atom. The normalized spacial score (nSPS) is 13.6.